The van der Waals surface area contributed by atoms with Crippen LogP contribution in [-0.2, 0) is 12.8 Å². The third kappa shape index (κ3) is 2.08. The zero-order valence-corrected chi connectivity index (χ0v) is 10.7. The van der Waals surface area contributed by atoms with Crippen molar-refractivity contribution in [1.29, 1.82) is 0 Å². The van der Waals surface area contributed by atoms with E-state index in [1.54, 1.807) is 0 Å². The number of para-hydroxylation sites is 1. The molecule has 0 saturated heterocycles. The first kappa shape index (κ1) is 11.2. The second kappa shape index (κ2) is 4.77. The summed E-state index contributed by atoms with van der Waals surface area (Å²) in [6.07, 6.45) is 3.44. The van der Waals surface area contributed by atoms with Gasteiger partial charge in [-0.3, -0.25) is 4.99 Å². The van der Waals surface area contributed by atoms with Gasteiger partial charge in [0.2, 0.25) is 0 Å². The Bertz CT molecular complexity index is 596. The maximum absolute atomic E-state index is 4.82. The summed E-state index contributed by atoms with van der Waals surface area (Å²) in [6.45, 7) is 2.11. The van der Waals surface area contributed by atoms with Crippen molar-refractivity contribution in [3.63, 3.8) is 0 Å². The molecule has 0 spiro atoms. The van der Waals surface area contributed by atoms with Crippen LogP contribution in [0.1, 0.15) is 30.0 Å². The van der Waals surface area contributed by atoms with E-state index in [1.807, 2.05) is 0 Å². The van der Waals surface area contributed by atoms with Gasteiger partial charge in [-0.2, -0.15) is 0 Å². The molecule has 1 heterocycles. The van der Waals surface area contributed by atoms with Gasteiger partial charge in [0, 0.05) is 5.71 Å². The summed E-state index contributed by atoms with van der Waals surface area (Å²) in [7, 11) is 0. The van der Waals surface area contributed by atoms with Crippen molar-refractivity contribution in [2.45, 2.75) is 26.2 Å². The van der Waals surface area contributed by atoms with Gasteiger partial charge in [0.25, 0.3) is 0 Å². The van der Waals surface area contributed by atoms with Crippen molar-refractivity contribution >= 4 is 11.4 Å². The van der Waals surface area contributed by atoms with Gasteiger partial charge in [-0.15, -0.1) is 0 Å². The second-order valence-corrected chi connectivity index (χ2v) is 4.84. The fraction of sp³-hybridized carbons (Fsp3) is 0.235. The lowest BCUT2D eigenvalue weighted by molar-refractivity contribution is 0.822. The molecule has 0 saturated carbocycles. The fourth-order valence-corrected chi connectivity index (χ4v) is 2.63. The van der Waals surface area contributed by atoms with Gasteiger partial charge in [-0.05, 0) is 48.9 Å². The van der Waals surface area contributed by atoms with E-state index >= 15 is 0 Å². The van der Waals surface area contributed by atoms with Crippen molar-refractivity contribution in [2.75, 3.05) is 0 Å². The zero-order valence-electron chi connectivity index (χ0n) is 10.7. The molecule has 1 aliphatic rings. The van der Waals surface area contributed by atoms with E-state index in [1.165, 1.54) is 23.1 Å². The maximum atomic E-state index is 4.82. The average Bonchev–Trinajstić information content (AvgIpc) is 2.47. The molecule has 2 aromatic carbocycles. The van der Waals surface area contributed by atoms with Gasteiger partial charge >= 0.3 is 0 Å². The summed E-state index contributed by atoms with van der Waals surface area (Å²) >= 11 is 0. The number of nitrogens with zero attached hydrogens (tertiary/aromatic N) is 1. The summed E-state index contributed by atoms with van der Waals surface area (Å²) in [5, 5.41) is 0. The Kier molecular flexibility index (Phi) is 2.97. The predicted octanol–water partition coefficient (Wildman–Crippen LogP) is 4.32. The predicted molar refractivity (Wildman–Crippen MR) is 76.8 cm³/mol. The first-order chi connectivity index (χ1) is 8.84. The molecule has 0 amide bonds. The Labute approximate surface area is 108 Å². The highest BCUT2D eigenvalue weighted by Gasteiger charge is 2.09. The summed E-state index contributed by atoms with van der Waals surface area (Å²) in [5.74, 6) is 0. The lowest BCUT2D eigenvalue weighted by atomic mass is 9.98. The number of hydrogen-bond acceptors (Lipinski definition) is 1. The Hall–Kier alpha value is -1.89. The quantitative estimate of drug-likeness (QED) is 0.645. The van der Waals surface area contributed by atoms with Crippen LogP contribution in [0.15, 0.2) is 53.5 Å². The maximum Gasteiger partial charge on any atom is 0.0665 e. The summed E-state index contributed by atoms with van der Waals surface area (Å²) in [5.41, 5.74) is 6.34. The van der Waals surface area contributed by atoms with Gasteiger partial charge in [0.1, 0.15) is 0 Å². The third-order valence-corrected chi connectivity index (χ3v) is 3.58. The van der Waals surface area contributed by atoms with Crippen LogP contribution in [-0.4, -0.2) is 5.71 Å². The van der Waals surface area contributed by atoms with Gasteiger partial charge in [0.15, 0.2) is 0 Å². The van der Waals surface area contributed by atoms with Gasteiger partial charge in [-0.1, -0.05) is 42.5 Å². The summed E-state index contributed by atoms with van der Waals surface area (Å²) in [6, 6.07) is 17.1. The molecule has 0 bridgehead atoms. The SMILES string of the molecule is C/C1=N\c2ccccc2CCCc2ccccc21. The van der Waals surface area contributed by atoms with Crippen molar-refractivity contribution in [1.82, 2.24) is 0 Å². The van der Waals surface area contributed by atoms with Crippen molar-refractivity contribution < 1.29 is 0 Å². The van der Waals surface area contributed by atoms with Crippen LogP contribution in [0, 0.1) is 0 Å². The molecule has 1 aliphatic heterocycles. The Morgan fingerprint density at radius 1 is 0.833 bits per heavy atom. The largest absolute Gasteiger partial charge is 0.253 e. The number of hydrogen-bond donors (Lipinski definition) is 0. The summed E-state index contributed by atoms with van der Waals surface area (Å²) < 4.78 is 0. The smallest absolute Gasteiger partial charge is 0.0665 e. The van der Waals surface area contributed by atoms with Gasteiger partial charge in [-0.25, -0.2) is 0 Å². The molecule has 2 aromatic rings. The molecule has 18 heavy (non-hydrogen) atoms. The minimum atomic E-state index is 1.11. The number of benzene rings is 2. The average molecular weight is 235 g/mol. The molecule has 0 aliphatic carbocycles. The van der Waals surface area contributed by atoms with Crippen LogP contribution in [0.25, 0.3) is 0 Å². The number of rotatable bonds is 0. The van der Waals surface area contributed by atoms with E-state index in [0.717, 1.165) is 24.2 Å². The molecule has 1 heteroatoms. The number of aryl methyl sites for hydroxylation is 2. The van der Waals surface area contributed by atoms with Crippen molar-refractivity contribution in [3.05, 3.63) is 65.2 Å². The van der Waals surface area contributed by atoms with Gasteiger partial charge < -0.3 is 0 Å². The van der Waals surface area contributed by atoms with Crippen molar-refractivity contribution in [3.8, 4) is 0 Å². The Morgan fingerprint density at radius 2 is 1.50 bits per heavy atom. The molecule has 0 atom stereocenters. The van der Waals surface area contributed by atoms with Crippen LogP contribution in [0.4, 0.5) is 5.69 Å². The highest BCUT2D eigenvalue weighted by molar-refractivity contribution is 6.01. The summed E-state index contributed by atoms with van der Waals surface area (Å²) in [4.78, 5) is 4.82. The normalized spacial score (nSPS) is 17.5. The lowest BCUT2D eigenvalue weighted by Crippen LogP contribution is -1.99. The van der Waals surface area contributed by atoms with Crippen molar-refractivity contribution in [2.24, 2.45) is 4.99 Å². The first-order valence-corrected chi connectivity index (χ1v) is 6.56. The molecule has 1 nitrogen and oxygen atoms in total. The topological polar surface area (TPSA) is 12.4 Å². The molecule has 0 fully saturated rings. The molecule has 3 rings (SSSR count). The fourth-order valence-electron chi connectivity index (χ4n) is 2.63. The van der Waals surface area contributed by atoms with E-state index in [-0.39, 0.29) is 0 Å². The molecular formula is C17H17N. The standard InChI is InChI=1S/C17H17N/c1-13-16-11-4-2-7-14(16)9-6-10-15-8-3-5-12-17(15)18-13/h2-5,7-8,11-12H,6,9-10H2,1H3/b18-13+. The monoisotopic (exact) mass is 235 g/mol. The van der Waals surface area contributed by atoms with E-state index in [9.17, 15) is 0 Å². The number of fused-ring (bicyclic) bond motifs is 2. The molecule has 0 N–H and O–H groups in total. The van der Waals surface area contributed by atoms with E-state index in [4.69, 9.17) is 4.99 Å². The highest BCUT2D eigenvalue weighted by atomic mass is 14.7. The van der Waals surface area contributed by atoms with Crippen LogP contribution >= 0.6 is 0 Å². The van der Waals surface area contributed by atoms with E-state index in [0.29, 0.717) is 0 Å². The first-order valence-electron chi connectivity index (χ1n) is 6.56. The lowest BCUT2D eigenvalue weighted by Gasteiger charge is -2.07. The van der Waals surface area contributed by atoms with E-state index in [2.05, 4.69) is 55.5 Å². The van der Waals surface area contributed by atoms with Gasteiger partial charge in [0.05, 0.1) is 5.69 Å². The molecular weight excluding hydrogens is 218 g/mol. The zero-order chi connectivity index (χ0) is 12.4. The van der Waals surface area contributed by atoms with Crippen LogP contribution in [0.5, 0.6) is 0 Å². The third-order valence-electron chi connectivity index (χ3n) is 3.58. The Morgan fingerprint density at radius 3 is 2.39 bits per heavy atom. The molecule has 0 radical (unpaired) electrons. The van der Waals surface area contributed by atoms with E-state index < -0.39 is 0 Å². The van der Waals surface area contributed by atoms with Crippen LogP contribution in [0.2, 0.25) is 0 Å². The van der Waals surface area contributed by atoms with Crippen LogP contribution in [0.3, 0.4) is 0 Å². The minimum Gasteiger partial charge on any atom is -0.253 e. The molecule has 90 valence electrons. The molecule has 0 unspecified atom stereocenters. The number of aliphatic imine (C=N–C) groups is 1. The molecule has 0 aromatic heterocycles. The minimum absolute atomic E-state index is 1.11. The Balaban J connectivity index is 2.14. The highest BCUT2D eigenvalue weighted by Crippen LogP contribution is 2.25. The van der Waals surface area contributed by atoms with Crippen LogP contribution < -0.4 is 0 Å². The second-order valence-electron chi connectivity index (χ2n) is 4.84.